The number of pyridine rings is 1. The Kier molecular flexibility index (Phi) is 3.25. The Balaban J connectivity index is 1.59. The summed E-state index contributed by atoms with van der Waals surface area (Å²) in [5, 5.41) is 19.7. The molecule has 4 atom stereocenters. The lowest BCUT2D eigenvalue weighted by molar-refractivity contribution is 0.0691. The average molecular weight is 367 g/mol. The first kappa shape index (κ1) is 16.4. The van der Waals surface area contributed by atoms with E-state index in [0.29, 0.717) is 35.6 Å². The quantitative estimate of drug-likeness (QED) is 0.639. The van der Waals surface area contributed by atoms with Gasteiger partial charge in [0.05, 0.1) is 5.69 Å². The van der Waals surface area contributed by atoms with Crippen molar-refractivity contribution in [3.05, 3.63) is 45.2 Å². The van der Waals surface area contributed by atoms with E-state index in [1.807, 2.05) is 19.1 Å². The summed E-state index contributed by atoms with van der Waals surface area (Å²) in [7, 11) is 0. The Morgan fingerprint density at radius 1 is 1.30 bits per heavy atom. The first-order valence-corrected chi connectivity index (χ1v) is 9.23. The summed E-state index contributed by atoms with van der Waals surface area (Å²) in [5.74, 6) is -0.738. The monoisotopic (exact) mass is 367 g/mol. The summed E-state index contributed by atoms with van der Waals surface area (Å²) in [6.45, 7) is 3.90. The number of fused-ring (bicyclic) bond motifs is 4. The first-order valence-electron chi connectivity index (χ1n) is 9.23. The Labute approximate surface area is 155 Å². The molecule has 5 rings (SSSR count). The van der Waals surface area contributed by atoms with Gasteiger partial charge in [0.2, 0.25) is 0 Å². The number of nitrogens with one attached hydrogen (secondary N) is 1. The van der Waals surface area contributed by atoms with Gasteiger partial charge in [-0.15, -0.1) is 0 Å². The van der Waals surface area contributed by atoms with E-state index in [1.54, 1.807) is 0 Å². The normalized spacial score (nSPS) is 27.7. The van der Waals surface area contributed by atoms with Crippen molar-refractivity contribution < 1.29 is 15.0 Å². The highest BCUT2D eigenvalue weighted by molar-refractivity contribution is 5.92. The molecule has 2 aromatic rings. The number of aromatic amines is 1. The fourth-order valence-electron chi connectivity index (χ4n) is 4.90. The molecule has 0 spiro atoms. The van der Waals surface area contributed by atoms with Crippen LogP contribution < -0.4 is 16.2 Å². The van der Waals surface area contributed by atoms with Crippen LogP contribution in [-0.4, -0.2) is 40.3 Å². The van der Waals surface area contributed by atoms with Crippen LogP contribution in [0.5, 0.6) is 5.75 Å². The highest BCUT2D eigenvalue weighted by Crippen LogP contribution is 2.47. The van der Waals surface area contributed by atoms with E-state index in [1.165, 1.54) is 0 Å². The summed E-state index contributed by atoms with van der Waals surface area (Å²) in [4.78, 5) is 28.6. The number of carbonyl (C=O) groups is 1. The number of hydrogen-bond acceptors (Lipinski definition) is 5. The van der Waals surface area contributed by atoms with Crippen LogP contribution in [0.1, 0.15) is 34.3 Å². The zero-order valence-corrected chi connectivity index (χ0v) is 14.9. The van der Waals surface area contributed by atoms with Crippen LogP contribution in [-0.2, 0) is 6.42 Å². The largest absolute Gasteiger partial charge is 0.506 e. The van der Waals surface area contributed by atoms with Gasteiger partial charge in [0.25, 0.3) is 5.56 Å². The molecule has 1 aromatic carbocycles. The van der Waals surface area contributed by atoms with Gasteiger partial charge in [0, 0.05) is 35.9 Å². The van der Waals surface area contributed by atoms with E-state index in [9.17, 15) is 19.8 Å². The van der Waals surface area contributed by atoms with Crippen molar-refractivity contribution in [2.75, 3.05) is 18.0 Å². The van der Waals surface area contributed by atoms with Crippen molar-refractivity contribution in [3.8, 4) is 17.0 Å². The van der Waals surface area contributed by atoms with Crippen LogP contribution in [0, 0.1) is 11.8 Å². The smallest absolute Gasteiger partial charge is 0.345 e. The molecular weight excluding hydrogens is 346 g/mol. The summed E-state index contributed by atoms with van der Waals surface area (Å²) in [6, 6.07) is 6.47. The lowest BCUT2D eigenvalue weighted by atomic mass is 9.81. The number of aromatic hydroxyl groups is 1. The van der Waals surface area contributed by atoms with Gasteiger partial charge in [-0.05, 0) is 41.9 Å². The highest BCUT2D eigenvalue weighted by Gasteiger charge is 2.53. The maximum Gasteiger partial charge on any atom is 0.345 e. The third-order valence-corrected chi connectivity index (χ3v) is 6.44. The van der Waals surface area contributed by atoms with Crippen LogP contribution in [0.25, 0.3) is 11.3 Å². The fraction of sp³-hybridized carbons (Fsp3) is 0.400. The van der Waals surface area contributed by atoms with Crippen molar-refractivity contribution >= 4 is 11.7 Å². The maximum absolute atomic E-state index is 12.2. The lowest BCUT2D eigenvalue weighted by Gasteiger charge is -2.28. The van der Waals surface area contributed by atoms with Crippen LogP contribution in [0.3, 0.4) is 0 Å². The van der Waals surface area contributed by atoms with Crippen molar-refractivity contribution in [1.82, 2.24) is 4.98 Å². The number of anilines is 1. The van der Waals surface area contributed by atoms with Crippen LogP contribution in [0.2, 0.25) is 0 Å². The molecule has 27 heavy (non-hydrogen) atoms. The molecule has 0 radical (unpaired) electrons. The zero-order chi connectivity index (χ0) is 19.0. The van der Waals surface area contributed by atoms with Gasteiger partial charge in [0.1, 0.15) is 5.75 Å². The number of nitrogens with zero attached hydrogens (tertiary/aromatic N) is 1. The Hall–Kier alpha value is -2.80. The van der Waals surface area contributed by atoms with Gasteiger partial charge in [-0.3, -0.25) is 4.79 Å². The van der Waals surface area contributed by atoms with Gasteiger partial charge in [0.15, 0.2) is 5.56 Å². The number of nitrogens with two attached hydrogens (primary N) is 1. The number of piperidine rings is 1. The SMILES string of the molecule is CC1Cc2cc(N3C[C@@H]4C(N)[C@@H]4C3)ccc2-c2[nH]c(=O)c(C(=O)O)c(O)c21. The fourth-order valence-corrected chi connectivity index (χ4v) is 4.90. The third-order valence-electron chi connectivity index (χ3n) is 6.44. The minimum Gasteiger partial charge on any atom is -0.506 e. The van der Waals surface area contributed by atoms with Gasteiger partial charge in [-0.25, -0.2) is 4.79 Å². The molecular formula is C20H21N3O4. The molecule has 2 unspecified atom stereocenters. The number of aromatic nitrogens is 1. The second-order valence-corrected chi connectivity index (χ2v) is 8.03. The molecule has 2 aliphatic carbocycles. The number of carboxylic acid groups (broad SMARTS) is 1. The third kappa shape index (κ3) is 2.24. The molecule has 3 aliphatic rings. The van der Waals surface area contributed by atoms with E-state index in [2.05, 4.69) is 16.0 Å². The highest BCUT2D eigenvalue weighted by atomic mass is 16.4. The number of carboxylic acids is 1. The van der Waals surface area contributed by atoms with E-state index < -0.39 is 22.8 Å². The average Bonchev–Trinajstić information content (AvgIpc) is 3.02. The summed E-state index contributed by atoms with van der Waals surface area (Å²) in [5.41, 5.74) is 8.77. The Bertz CT molecular complexity index is 1030. The molecule has 7 nitrogen and oxygen atoms in total. The minimum absolute atomic E-state index is 0.0990. The van der Waals surface area contributed by atoms with Gasteiger partial charge < -0.3 is 25.8 Å². The molecule has 1 aromatic heterocycles. The Morgan fingerprint density at radius 3 is 2.67 bits per heavy atom. The maximum atomic E-state index is 12.2. The van der Waals surface area contributed by atoms with E-state index >= 15 is 0 Å². The molecule has 5 N–H and O–H groups in total. The van der Waals surface area contributed by atoms with E-state index in [4.69, 9.17) is 5.73 Å². The minimum atomic E-state index is -1.42. The molecule has 7 heteroatoms. The molecule has 140 valence electrons. The second kappa shape index (κ2) is 5.36. The predicted molar refractivity (Wildman–Crippen MR) is 100 cm³/mol. The predicted octanol–water partition coefficient (Wildman–Crippen LogP) is 1.50. The second-order valence-electron chi connectivity index (χ2n) is 8.03. The van der Waals surface area contributed by atoms with Gasteiger partial charge in [-0.2, -0.15) is 0 Å². The standard InChI is InChI=1S/C20H21N3O4/c1-8-4-9-5-10(23-6-12-13(7-23)16(12)21)2-3-11(9)17-14(8)18(24)15(20(26)27)19(25)22-17/h2-3,5,8,12-13,16H,4,6-7,21H2,1H3,(H,26,27)(H2,22,24,25)/t8?,12-,13+,16?. The molecule has 1 saturated carbocycles. The van der Waals surface area contributed by atoms with E-state index in [-0.39, 0.29) is 5.92 Å². The molecule has 2 heterocycles. The summed E-state index contributed by atoms with van der Waals surface area (Å²) < 4.78 is 0. The van der Waals surface area contributed by atoms with Gasteiger partial charge >= 0.3 is 5.97 Å². The molecule has 1 aliphatic heterocycles. The number of hydrogen-bond donors (Lipinski definition) is 4. The van der Waals surface area contributed by atoms with Crippen molar-refractivity contribution in [2.24, 2.45) is 17.6 Å². The molecule has 2 fully saturated rings. The first-order chi connectivity index (χ1) is 12.9. The number of rotatable bonds is 2. The van der Waals surface area contributed by atoms with Gasteiger partial charge in [-0.1, -0.05) is 13.0 Å². The van der Waals surface area contributed by atoms with Crippen molar-refractivity contribution in [3.63, 3.8) is 0 Å². The van der Waals surface area contributed by atoms with Crippen molar-refractivity contribution in [1.29, 1.82) is 0 Å². The van der Waals surface area contributed by atoms with Crippen molar-refractivity contribution in [2.45, 2.75) is 25.3 Å². The zero-order valence-electron chi connectivity index (χ0n) is 14.9. The molecule has 1 saturated heterocycles. The topological polar surface area (TPSA) is 120 Å². The number of aromatic carboxylic acids is 1. The summed E-state index contributed by atoms with van der Waals surface area (Å²) >= 11 is 0. The van der Waals surface area contributed by atoms with Crippen LogP contribution >= 0.6 is 0 Å². The number of H-pyrrole nitrogens is 1. The summed E-state index contributed by atoms with van der Waals surface area (Å²) in [6.07, 6.45) is 0.676. The van der Waals surface area contributed by atoms with E-state index in [0.717, 1.165) is 29.9 Å². The van der Waals surface area contributed by atoms with Crippen LogP contribution in [0.4, 0.5) is 5.69 Å². The molecule has 0 amide bonds. The molecule has 0 bridgehead atoms. The van der Waals surface area contributed by atoms with Crippen LogP contribution in [0.15, 0.2) is 23.0 Å². The number of benzene rings is 1. The Morgan fingerprint density at radius 2 is 2.00 bits per heavy atom. The lowest BCUT2D eigenvalue weighted by Crippen LogP contribution is -2.28.